The van der Waals surface area contributed by atoms with E-state index in [1.807, 2.05) is 12.1 Å². The summed E-state index contributed by atoms with van der Waals surface area (Å²) in [5.41, 5.74) is 1.70. The smallest absolute Gasteiger partial charge is 0.250 e. The first-order valence-electron chi connectivity index (χ1n) is 10.8. The summed E-state index contributed by atoms with van der Waals surface area (Å²) in [4.78, 5) is 12.6. The fourth-order valence-electron chi connectivity index (χ4n) is 6.06. The molecule has 1 aromatic carbocycles. The molecular weight excluding hydrogens is 350 g/mol. The molecule has 0 saturated heterocycles. The number of nitrogens with one attached hydrogen (secondary N) is 2. The van der Waals surface area contributed by atoms with Crippen LogP contribution in [0, 0.1) is 35.0 Å². The quantitative estimate of drug-likeness (QED) is 0.678. The summed E-state index contributed by atoms with van der Waals surface area (Å²) in [6.07, 6.45) is 6.21. The number of aliphatic hydroxyl groups excluding tert-OH is 1. The lowest BCUT2D eigenvalue weighted by Gasteiger charge is -2.54. The molecule has 5 heteroatoms. The predicted molar refractivity (Wildman–Crippen MR) is 107 cm³/mol. The summed E-state index contributed by atoms with van der Waals surface area (Å²) in [7, 11) is 0. The van der Waals surface area contributed by atoms with Crippen molar-refractivity contribution in [3.8, 4) is 6.07 Å². The number of benzene rings is 1. The zero-order valence-electron chi connectivity index (χ0n) is 16.6. The van der Waals surface area contributed by atoms with Crippen LogP contribution in [0.25, 0.3) is 0 Å². The number of nitriles is 1. The molecule has 0 aliphatic heterocycles. The van der Waals surface area contributed by atoms with E-state index in [2.05, 4.69) is 23.6 Å². The van der Waals surface area contributed by atoms with E-state index >= 15 is 0 Å². The first-order chi connectivity index (χ1) is 13.6. The van der Waals surface area contributed by atoms with E-state index in [0.29, 0.717) is 17.4 Å². The van der Waals surface area contributed by atoms with Gasteiger partial charge in [0.1, 0.15) is 6.10 Å². The zero-order chi connectivity index (χ0) is 19.7. The van der Waals surface area contributed by atoms with Crippen LogP contribution in [0.4, 0.5) is 0 Å². The molecule has 0 heterocycles. The first kappa shape index (κ1) is 19.4. The lowest BCUT2D eigenvalue weighted by Crippen LogP contribution is -2.58. The van der Waals surface area contributed by atoms with Crippen LogP contribution in [0.15, 0.2) is 24.3 Å². The molecule has 1 aromatic rings. The van der Waals surface area contributed by atoms with Gasteiger partial charge in [0, 0.05) is 18.6 Å². The summed E-state index contributed by atoms with van der Waals surface area (Å²) in [5, 5.41) is 25.9. The Bertz CT molecular complexity index is 711. The summed E-state index contributed by atoms with van der Waals surface area (Å²) < 4.78 is 0. The summed E-state index contributed by atoms with van der Waals surface area (Å²) in [6.45, 7) is 2.30. The Kier molecular flexibility index (Phi) is 5.70. The second-order valence-corrected chi connectivity index (χ2v) is 9.08. The normalized spacial score (nSPS) is 32.5. The summed E-state index contributed by atoms with van der Waals surface area (Å²) in [5.74, 6) is 2.74. The molecule has 5 nitrogen and oxygen atoms in total. The number of carbonyl (C=O) groups excluding carboxylic acids is 1. The van der Waals surface area contributed by atoms with Gasteiger partial charge in [-0.2, -0.15) is 5.26 Å². The third-order valence-corrected chi connectivity index (χ3v) is 7.25. The van der Waals surface area contributed by atoms with Crippen LogP contribution < -0.4 is 10.6 Å². The van der Waals surface area contributed by atoms with Crippen LogP contribution in [-0.2, 0) is 4.79 Å². The van der Waals surface area contributed by atoms with Gasteiger partial charge in [-0.05, 0) is 79.9 Å². The van der Waals surface area contributed by atoms with Crippen LogP contribution >= 0.6 is 0 Å². The van der Waals surface area contributed by atoms with Crippen molar-refractivity contribution in [2.24, 2.45) is 23.7 Å². The summed E-state index contributed by atoms with van der Waals surface area (Å²) >= 11 is 0. The second-order valence-electron chi connectivity index (χ2n) is 9.08. The number of nitrogens with zero attached hydrogens (tertiary/aromatic N) is 1. The highest BCUT2D eigenvalue weighted by molar-refractivity contribution is 5.81. The van der Waals surface area contributed by atoms with Crippen molar-refractivity contribution >= 4 is 5.91 Å². The lowest BCUT2D eigenvalue weighted by molar-refractivity contribution is -0.133. The minimum atomic E-state index is -1.04. The Morgan fingerprint density at radius 1 is 1.14 bits per heavy atom. The molecule has 0 spiro atoms. The van der Waals surface area contributed by atoms with Crippen molar-refractivity contribution in [1.29, 1.82) is 5.26 Å². The molecule has 5 rings (SSSR count). The van der Waals surface area contributed by atoms with Gasteiger partial charge >= 0.3 is 0 Å². The molecule has 4 fully saturated rings. The number of rotatable bonds is 7. The highest BCUT2D eigenvalue weighted by Crippen LogP contribution is 2.53. The molecule has 4 saturated carbocycles. The fourth-order valence-corrected chi connectivity index (χ4v) is 6.06. The van der Waals surface area contributed by atoms with E-state index in [-0.39, 0.29) is 24.5 Å². The Morgan fingerprint density at radius 3 is 2.29 bits per heavy atom. The monoisotopic (exact) mass is 381 g/mol. The van der Waals surface area contributed by atoms with Gasteiger partial charge in [0.2, 0.25) is 5.91 Å². The number of hydrogen-bond donors (Lipinski definition) is 3. The van der Waals surface area contributed by atoms with Gasteiger partial charge in [-0.1, -0.05) is 19.1 Å². The number of amides is 1. The van der Waals surface area contributed by atoms with Crippen LogP contribution in [0.3, 0.4) is 0 Å². The number of aliphatic hydroxyl groups is 1. The largest absolute Gasteiger partial charge is 0.382 e. The Morgan fingerprint density at radius 2 is 1.75 bits per heavy atom. The van der Waals surface area contributed by atoms with Crippen LogP contribution in [0.5, 0.6) is 0 Å². The third kappa shape index (κ3) is 3.94. The molecule has 4 bridgehead atoms. The average molecular weight is 382 g/mol. The van der Waals surface area contributed by atoms with Crippen molar-refractivity contribution in [3.05, 3.63) is 35.4 Å². The van der Waals surface area contributed by atoms with Crippen molar-refractivity contribution in [2.45, 2.75) is 63.6 Å². The van der Waals surface area contributed by atoms with Crippen LogP contribution in [0.1, 0.15) is 62.6 Å². The Balaban J connectivity index is 1.29. The van der Waals surface area contributed by atoms with Gasteiger partial charge in [0.05, 0.1) is 11.6 Å². The topological polar surface area (TPSA) is 85.2 Å². The minimum Gasteiger partial charge on any atom is -0.382 e. The van der Waals surface area contributed by atoms with E-state index in [0.717, 1.165) is 23.8 Å². The molecule has 2 unspecified atom stereocenters. The highest BCUT2D eigenvalue weighted by Gasteiger charge is 2.48. The molecule has 0 aromatic heterocycles. The lowest BCUT2D eigenvalue weighted by atomic mass is 9.54. The summed E-state index contributed by atoms with van der Waals surface area (Å²) in [6, 6.07) is 9.90. The molecule has 4 aliphatic rings. The Labute approximate surface area is 167 Å². The van der Waals surface area contributed by atoms with Crippen molar-refractivity contribution in [3.63, 3.8) is 0 Å². The Hall–Kier alpha value is -1.90. The van der Waals surface area contributed by atoms with Gasteiger partial charge in [-0.3, -0.25) is 4.79 Å². The molecule has 4 aliphatic carbocycles. The third-order valence-electron chi connectivity index (χ3n) is 7.25. The van der Waals surface area contributed by atoms with Gasteiger partial charge in [-0.25, -0.2) is 0 Å². The van der Waals surface area contributed by atoms with Gasteiger partial charge in [0.25, 0.3) is 0 Å². The highest BCUT2D eigenvalue weighted by atomic mass is 16.3. The molecule has 3 N–H and O–H groups in total. The number of carbonyl (C=O) groups is 1. The second kappa shape index (κ2) is 8.23. The maximum atomic E-state index is 12.6. The van der Waals surface area contributed by atoms with Crippen molar-refractivity contribution < 1.29 is 9.90 Å². The average Bonchev–Trinajstić information content (AvgIpc) is 2.70. The molecule has 2 atom stereocenters. The van der Waals surface area contributed by atoms with Crippen LogP contribution in [0.2, 0.25) is 0 Å². The molecule has 150 valence electrons. The number of hydrogen-bond acceptors (Lipinski definition) is 4. The minimum absolute atomic E-state index is 0.0522. The van der Waals surface area contributed by atoms with Gasteiger partial charge in [-0.15, -0.1) is 0 Å². The van der Waals surface area contributed by atoms with E-state index < -0.39 is 6.10 Å². The first-order valence-corrected chi connectivity index (χ1v) is 10.8. The molecular formula is C23H31N3O2. The van der Waals surface area contributed by atoms with Crippen LogP contribution in [-0.4, -0.2) is 29.7 Å². The molecule has 0 radical (unpaired) electrons. The molecule has 28 heavy (non-hydrogen) atoms. The SMILES string of the molecule is CCC(NCC(O)C(=O)NC1C2CC3CC(C2)CC1C3)c1ccc(C#N)cc1. The standard InChI is InChI=1S/C23H31N3O2/c1-2-20(17-5-3-14(12-24)4-6-17)25-13-21(27)23(28)26-22-18-8-15-7-16(10-18)11-19(22)9-15/h3-6,15-16,18-22,25,27H,2,7-11,13H2,1H3,(H,26,28). The molecule has 1 amide bonds. The van der Waals surface area contributed by atoms with Gasteiger partial charge in [0.15, 0.2) is 0 Å². The van der Waals surface area contributed by atoms with Crippen molar-refractivity contribution in [2.75, 3.05) is 6.54 Å². The fraction of sp³-hybridized carbons (Fsp3) is 0.652. The zero-order valence-corrected chi connectivity index (χ0v) is 16.6. The maximum absolute atomic E-state index is 12.6. The van der Waals surface area contributed by atoms with E-state index in [9.17, 15) is 9.90 Å². The maximum Gasteiger partial charge on any atom is 0.250 e. The van der Waals surface area contributed by atoms with E-state index in [1.165, 1.54) is 32.1 Å². The van der Waals surface area contributed by atoms with Gasteiger partial charge < -0.3 is 15.7 Å². The van der Waals surface area contributed by atoms with E-state index in [1.54, 1.807) is 12.1 Å². The van der Waals surface area contributed by atoms with E-state index in [4.69, 9.17) is 5.26 Å². The predicted octanol–water partition coefficient (Wildman–Crippen LogP) is 2.90. The van der Waals surface area contributed by atoms with Crippen molar-refractivity contribution in [1.82, 2.24) is 10.6 Å².